The third kappa shape index (κ3) is 3.26. The highest BCUT2D eigenvalue weighted by atomic mass is 16.6. The number of hydrogen-bond acceptors (Lipinski definition) is 2. The Balaban J connectivity index is 2.20. The summed E-state index contributed by atoms with van der Waals surface area (Å²) in [5.41, 5.74) is 0. The van der Waals surface area contributed by atoms with Crippen molar-refractivity contribution in [1.82, 2.24) is 0 Å². The molecule has 0 aliphatic carbocycles. The van der Waals surface area contributed by atoms with Gasteiger partial charge in [-0.3, -0.25) is 0 Å². The Morgan fingerprint density at radius 3 is 2.75 bits per heavy atom. The Labute approximate surface area is 73.1 Å². The van der Waals surface area contributed by atoms with E-state index in [1.54, 1.807) is 6.08 Å². The van der Waals surface area contributed by atoms with Crippen molar-refractivity contribution in [1.29, 1.82) is 0 Å². The summed E-state index contributed by atoms with van der Waals surface area (Å²) in [5.74, 6) is 0.821. The van der Waals surface area contributed by atoms with Gasteiger partial charge in [0.05, 0.1) is 6.61 Å². The van der Waals surface area contributed by atoms with Crippen molar-refractivity contribution in [2.45, 2.75) is 0 Å². The lowest BCUT2D eigenvalue weighted by atomic mass is 10.3. The standard InChI is InChI=1S/C9H11BO2/c1-2-8-11-10-12-9-6-4-3-5-7-9/h2-7,10H,1,8H2. The SMILES string of the molecule is C=CCOBOc1ccccc1. The van der Waals surface area contributed by atoms with Gasteiger partial charge in [-0.1, -0.05) is 24.3 Å². The first-order valence-corrected chi connectivity index (χ1v) is 3.80. The molecule has 0 saturated heterocycles. The molecule has 0 radical (unpaired) electrons. The van der Waals surface area contributed by atoms with Crippen LogP contribution < -0.4 is 4.65 Å². The Morgan fingerprint density at radius 1 is 1.33 bits per heavy atom. The molecule has 0 bridgehead atoms. The largest absolute Gasteiger partial charge is 0.539 e. The first kappa shape index (κ1) is 8.88. The summed E-state index contributed by atoms with van der Waals surface area (Å²) in [6, 6.07) is 9.55. The minimum atomic E-state index is 0.274. The van der Waals surface area contributed by atoms with Gasteiger partial charge in [-0.25, -0.2) is 0 Å². The summed E-state index contributed by atoms with van der Waals surface area (Å²) in [6.07, 6.45) is 1.69. The van der Waals surface area contributed by atoms with Crippen LogP contribution in [0.1, 0.15) is 0 Å². The normalized spacial score (nSPS) is 9.00. The molecule has 0 aliphatic rings. The maximum absolute atomic E-state index is 5.24. The van der Waals surface area contributed by atoms with Crippen molar-refractivity contribution in [3.8, 4) is 5.75 Å². The van der Waals surface area contributed by atoms with E-state index in [1.807, 2.05) is 30.3 Å². The van der Waals surface area contributed by atoms with Crippen molar-refractivity contribution in [3.63, 3.8) is 0 Å². The molecular formula is C9H11BO2. The fourth-order valence-electron chi connectivity index (χ4n) is 0.758. The quantitative estimate of drug-likeness (QED) is 0.371. The maximum Gasteiger partial charge on any atom is 0.507 e. The lowest BCUT2D eigenvalue weighted by Gasteiger charge is -2.02. The van der Waals surface area contributed by atoms with Gasteiger partial charge in [-0.15, -0.1) is 6.58 Å². The van der Waals surface area contributed by atoms with E-state index in [4.69, 9.17) is 9.31 Å². The fraction of sp³-hybridized carbons (Fsp3) is 0.111. The number of hydrogen-bond donors (Lipinski definition) is 0. The molecule has 0 atom stereocenters. The van der Waals surface area contributed by atoms with Gasteiger partial charge in [0.2, 0.25) is 0 Å². The molecular weight excluding hydrogens is 151 g/mol. The van der Waals surface area contributed by atoms with E-state index in [0.717, 1.165) is 5.75 Å². The third-order valence-corrected chi connectivity index (χ3v) is 1.29. The lowest BCUT2D eigenvalue weighted by Crippen LogP contribution is -2.07. The predicted molar refractivity (Wildman–Crippen MR) is 50.4 cm³/mol. The smallest absolute Gasteiger partial charge is 0.507 e. The molecule has 0 aromatic heterocycles. The zero-order chi connectivity index (χ0) is 8.65. The molecule has 0 aliphatic heterocycles. The van der Waals surface area contributed by atoms with Crippen LogP contribution in [0.3, 0.4) is 0 Å². The number of para-hydroxylation sites is 1. The summed E-state index contributed by atoms with van der Waals surface area (Å²) in [7, 11) is 0.274. The maximum atomic E-state index is 5.24. The molecule has 0 heterocycles. The zero-order valence-electron chi connectivity index (χ0n) is 6.90. The van der Waals surface area contributed by atoms with E-state index < -0.39 is 0 Å². The van der Waals surface area contributed by atoms with Crippen molar-refractivity contribution >= 4 is 7.69 Å². The Hall–Kier alpha value is -1.22. The third-order valence-electron chi connectivity index (χ3n) is 1.29. The molecule has 1 aromatic carbocycles. The van der Waals surface area contributed by atoms with E-state index in [9.17, 15) is 0 Å². The van der Waals surface area contributed by atoms with Crippen LogP contribution in [0.15, 0.2) is 43.0 Å². The van der Waals surface area contributed by atoms with Crippen molar-refractivity contribution in [2.24, 2.45) is 0 Å². The van der Waals surface area contributed by atoms with Gasteiger partial charge in [-0.2, -0.15) is 0 Å². The molecule has 1 rings (SSSR count). The highest BCUT2D eigenvalue weighted by molar-refractivity contribution is 6.19. The lowest BCUT2D eigenvalue weighted by molar-refractivity contribution is 0.326. The van der Waals surface area contributed by atoms with Crippen LogP contribution in [0.2, 0.25) is 0 Å². The minimum absolute atomic E-state index is 0.274. The second-order valence-corrected chi connectivity index (χ2v) is 2.23. The van der Waals surface area contributed by atoms with Crippen molar-refractivity contribution in [2.75, 3.05) is 6.61 Å². The average molecular weight is 162 g/mol. The highest BCUT2D eigenvalue weighted by Crippen LogP contribution is 2.06. The second-order valence-electron chi connectivity index (χ2n) is 2.23. The van der Waals surface area contributed by atoms with Crippen LogP contribution >= 0.6 is 0 Å². The van der Waals surface area contributed by atoms with Crippen LogP contribution in [-0.4, -0.2) is 14.3 Å². The molecule has 0 amide bonds. The number of rotatable bonds is 5. The predicted octanol–water partition coefficient (Wildman–Crippen LogP) is 1.53. The molecule has 0 N–H and O–H groups in total. The minimum Gasteiger partial charge on any atom is -0.539 e. The zero-order valence-corrected chi connectivity index (χ0v) is 6.90. The van der Waals surface area contributed by atoms with Crippen molar-refractivity contribution < 1.29 is 9.31 Å². The molecule has 62 valence electrons. The van der Waals surface area contributed by atoms with Crippen LogP contribution in [0.4, 0.5) is 0 Å². The van der Waals surface area contributed by atoms with Gasteiger partial charge in [0.15, 0.2) is 0 Å². The molecule has 1 aromatic rings. The Bertz CT molecular complexity index is 223. The number of benzene rings is 1. The Kier molecular flexibility index (Phi) is 4.02. The first-order valence-electron chi connectivity index (χ1n) is 3.80. The van der Waals surface area contributed by atoms with E-state index in [1.165, 1.54) is 0 Å². The molecule has 0 fully saturated rings. The van der Waals surface area contributed by atoms with Gasteiger partial charge in [-0.05, 0) is 12.1 Å². The van der Waals surface area contributed by atoms with Gasteiger partial charge >= 0.3 is 7.69 Å². The highest BCUT2D eigenvalue weighted by Gasteiger charge is 1.92. The fourth-order valence-corrected chi connectivity index (χ4v) is 0.758. The van der Waals surface area contributed by atoms with Gasteiger partial charge in [0.25, 0.3) is 0 Å². The molecule has 0 saturated carbocycles. The second kappa shape index (κ2) is 5.44. The summed E-state index contributed by atoms with van der Waals surface area (Å²) in [6.45, 7) is 4.05. The van der Waals surface area contributed by atoms with Crippen LogP contribution in [0, 0.1) is 0 Å². The molecule has 0 unspecified atom stereocenters. The summed E-state index contributed by atoms with van der Waals surface area (Å²) in [5, 5.41) is 0. The topological polar surface area (TPSA) is 18.5 Å². The van der Waals surface area contributed by atoms with Crippen molar-refractivity contribution in [3.05, 3.63) is 43.0 Å². The summed E-state index contributed by atoms with van der Waals surface area (Å²) < 4.78 is 10.3. The molecule has 12 heavy (non-hydrogen) atoms. The van der Waals surface area contributed by atoms with E-state index >= 15 is 0 Å². The summed E-state index contributed by atoms with van der Waals surface area (Å²) in [4.78, 5) is 0. The molecule has 3 heteroatoms. The van der Waals surface area contributed by atoms with Gasteiger partial charge < -0.3 is 9.31 Å². The van der Waals surface area contributed by atoms with E-state index in [-0.39, 0.29) is 7.69 Å². The van der Waals surface area contributed by atoms with Gasteiger partial charge in [0.1, 0.15) is 5.75 Å². The monoisotopic (exact) mass is 162 g/mol. The van der Waals surface area contributed by atoms with Crippen LogP contribution in [0.25, 0.3) is 0 Å². The average Bonchev–Trinajstić information content (AvgIpc) is 2.14. The summed E-state index contributed by atoms with van der Waals surface area (Å²) >= 11 is 0. The Morgan fingerprint density at radius 2 is 2.08 bits per heavy atom. The van der Waals surface area contributed by atoms with Crippen LogP contribution in [-0.2, 0) is 4.65 Å². The first-order chi connectivity index (χ1) is 5.93. The molecule has 0 spiro atoms. The molecule has 2 nitrogen and oxygen atoms in total. The van der Waals surface area contributed by atoms with Gasteiger partial charge in [0, 0.05) is 0 Å². The van der Waals surface area contributed by atoms with E-state index in [0.29, 0.717) is 6.61 Å². The van der Waals surface area contributed by atoms with E-state index in [2.05, 4.69) is 6.58 Å². The van der Waals surface area contributed by atoms with Crippen LogP contribution in [0.5, 0.6) is 5.75 Å².